The third kappa shape index (κ3) is 3.90. The number of hydrogen-bond acceptors (Lipinski definition) is 7. The van der Waals surface area contributed by atoms with Gasteiger partial charge in [-0.1, -0.05) is 30.0 Å². The molecule has 1 fully saturated rings. The maximum Gasteiger partial charge on any atom is 0.407 e. The molecule has 8 heteroatoms. The Balaban J connectivity index is 2.18. The number of benzene rings is 1. The molecule has 0 spiro atoms. The molecular weight excluding hydrogens is 310 g/mol. The molecule has 1 aliphatic heterocycles. The van der Waals surface area contributed by atoms with E-state index in [0.29, 0.717) is 0 Å². The van der Waals surface area contributed by atoms with Crippen molar-refractivity contribution < 1.29 is 29.6 Å². The van der Waals surface area contributed by atoms with Gasteiger partial charge in [-0.05, 0) is 12.1 Å². The first-order chi connectivity index (χ1) is 10.6. The molecule has 0 aromatic heterocycles. The second kappa shape index (κ2) is 7.80. The number of methoxy groups -OCH3 is 1. The summed E-state index contributed by atoms with van der Waals surface area (Å²) in [5.41, 5.74) is -0.683. The highest BCUT2D eigenvalue weighted by molar-refractivity contribution is 7.99. The highest BCUT2D eigenvalue weighted by atomic mass is 32.2. The molecule has 2 rings (SSSR count). The zero-order valence-corrected chi connectivity index (χ0v) is 12.8. The number of amides is 1. The minimum atomic E-state index is -1.31. The summed E-state index contributed by atoms with van der Waals surface area (Å²) in [6.07, 6.45) is -4.25. The highest BCUT2D eigenvalue weighted by Crippen LogP contribution is 2.33. The van der Waals surface area contributed by atoms with Gasteiger partial charge in [0.05, 0.1) is 19.8 Å². The summed E-state index contributed by atoms with van der Waals surface area (Å²) in [7, 11) is 1.21. The Morgan fingerprint density at radius 3 is 2.59 bits per heavy atom. The van der Waals surface area contributed by atoms with Gasteiger partial charge in [-0.15, -0.1) is 0 Å². The molecule has 7 nitrogen and oxygen atoms in total. The fourth-order valence-corrected chi connectivity index (χ4v) is 3.32. The van der Waals surface area contributed by atoms with Gasteiger partial charge in [0.25, 0.3) is 0 Å². The molecular formula is C14H19NO6S. The van der Waals surface area contributed by atoms with E-state index in [-0.39, 0.29) is 0 Å². The van der Waals surface area contributed by atoms with Gasteiger partial charge < -0.3 is 30.1 Å². The maximum atomic E-state index is 11.4. The van der Waals surface area contributed by atoms with Crippen molar-refractivity contribution >= 4 is 17.9 Å². The summed E-state index contributed by atoms with van der Waals surface area (Å²) in [5.74, 6) is 0. The zero-order valence-electron chi connectivity index (χ0n) is 12.0. The van der Waals surface area contributed by atoms with Crippen LogP contribution in [-0.2, 0) is 9.47 Å². The number of hydrogen-bond donors (Lipinski definition) is 4. The van der Waals surface area contributed by atoms with E-state index in [0.717, 1.165) is 4.90 Å². The van der Waals surface area contributed by atoms with E-state index in [4.69, 9.17) is 4.74 Å². The number of nitrogens with one attached hydrogen (secondary N) is 1. The standard InChI is InChI=1S/C14H19NO6S/c1-20-14(19)15-10-12(18)11(17)9(7-16)21-13(10)22-8-5-3-2-4-6-8/h2-6,9-13,16-18H,7H2,1H3,(H,15,19)/t9?,10?,11?,12-,13+/m1/s1. The Kier molecular flexibility index (Phi) is 6.04. The molecule has 122 valence electrons. The predicted octanol–water partition coefficient (Wildman–Crippen LogP) is -0.0577. The van der Waals surface area contributed by atoms with Crippen molar-refractivity contribution in [2.75, 3.05) is 13.7 Å². The van der Waals surface area contributed by atoms with E-state index >= 15 is 0 Å². The normalized spacial score (nSPS) is 31.5. The van der Waals surface area contributed by atoms with Gasteiger partial charge in [0.15, 0.2) is 0 Å². The molecule has 0 saturated carbocycles. The second-order valence-corrected chi connectivity index (χ2v) is 5.97. The van der Waals surface area contributed by atoms with Gasteiger partial charge in [-0.25, -0.2) is 4.79 Å². The lowest BCUT2D eigenvalue weighted by molar-refractivity contribution is -0.170. The van der Waals surface area contributed by atoms with Gasteiger partial charge in [-0.2, -0.15) is 0 Å². The molecule has 1 aromatic carbocycles. The van der Waals surface area contributed by atoms with Crippen LogP contribution in [0.25, 0.3) is 0 Å². The largest absolute Gasteiger partial charge is 0.453 e. The third-order valence-electron chi connectivity index (χ3n) is 3.35. The van der Waals surface area contributed by atoms with Crippen LogP contribution in [0.4, 0.5) is 4.79 Å². The summed E-state index contributed by atoms with van der Waals surface area (Å²) in [5, 5.41) is 31.9. The topological polar surface area (TPSA) is 108 Å². The number of thioether (sulfide) groups is 1. The number of carbonyl (C=O) groups excluding carboxylic acids is 1. The van der Waals surface area contributed by atoms with Crippen LogP contribution < -0.4 is 5.32 Å². The summed E-state index contributed by atoms with van der Waals surface area (Å²) in [6.45, 7) is -0.435. The number of aliphatic hydroxyl groups is 3. The third-order valence-corrected chi connectivity index (χ3v) is 4.53. The molecule has 1 aromatic rings. The minimum Gasteiger partial charge on any atom is -0.453 e. The van der Waals surface area contributed by atoms with Crippen LogP contribution in [0.15, 0.2) is 35.2 Å². The lowest BCUT2D eigenvalue weighted by Crippen LogP contribution is -2.63. The average Bonchev–Trinajstić information content (AvgIpc) is 2.55. The first-order valence-corrected chi connectivity index (χ1v) is 7.63. The van der Waals surface area contributed by atoms with Crippen LogP contribution in [0.1, 0.15) is 0 Å². The van der Waals surface area contributed by atoms with E-state index in [9.17, 15) is 20.1 Å². The van der Waals surface area contributed by atoms with Gasteiger partial charge in [0.2, 0.25) is 0 Å². The van der Waals surface area contributed by atoms with Crippen LogP contribution in [0.3, 0.4) is 0 Å². The number of alkyl carbamates (subject to hydrolysis) is 1. The molecule has 1 amide bonds. The van der Waals surface area contributed by atoms with Crippen LogP contribution >= 0.6 is 11.8 Å². The summed E-state index contributed by atoms with van der Waals surface area (Å²) < 4.78 is 10.1. The van der Waals surface area contributed by atoms with Crippen molar-refractivity contribution in [3.8, 4) is 0 Å². The summed E-state index contributed by atoms with van der Waals surface area (Å²) in [4.78, 5) is 12.3. The Labute approximate surface area is 132 Å². The Morgan fingerprint density at radius 2 is 2.00 bits per heavy atom. The molecule has 1 heterocycles. The molecule has 1 aliphatic rings. The van der Waals surface area contributed by atoms with Gasteiger partial charge in [0, 0.05) is 4.90 Å². The van der Waals surface area contributed by atoms with E-state index in [2.05, 4.69) is 10.1 Å². The van der Waals surface area contributed by atoms with Crippen molar-refractivity contribution in [3.63, 3.8) is 0 Å². The molecule has 1 saturated heterocycles. The smallest absolute Gasteiger partial charge is 0.407 e. The van der Waals surface area contributed by atoms with Crippen molar-refractivity contribution in [2.45, 2.75) is 34.7 Å². The van der Waals surface area contributed by atoms with E-state index in [1.54, 1.807) is 0 Å². The van der Waals surface area contributed by atoms with Crippen molar-refractivity contribution in [2.24, 2.45) is 0 Å². The van der Waals surface area contributed by atoms with E-state index in [1.165, 1.54) is 18.9 Å². The fraction of sp³-hybridized carbons (Fsp3) is 0.500. The lowest BCUT2D eigenvalue weighted by Gasteiger charge is -2.42. The molecule has 0 bridgehead atoms. The van der Waals surface area contributed by atoms with Gasteiger partial charge in [-0.3, -0.25) is 0 Å². The average molecular weight is 329 g/mol. The first kappa shape index (κ1) is 17.0. The van der Waals surface area contributed by atoms with Gasteiger partial charge in [0.1, 0.15) is 23.7 Å². The molecule has 0 radical (unpaired) electrons. The minimum absolute atomic E-state index is 0.435. The number of ether oxygens (including phenoxy) is 2. The predicted molar refractivity (Wildman–Crippen MR) is 79.4 cm³/mol. The van der Waals surface area contributed by atoms with E-state index < -0.39 is 42.5 Å². The fourth-order valence-electron chi connectivity index (χ4n) is 2.16. The maximum absolute atomic E-state index is 11.4. The van der Waals surface area contributed by atoms with Crippen LogP contribution in [0.5, 0.6) is 0 Å². The molecule has 0 aliphatic carbocycles. The lowest BCUT2D eigenvalue weighted by atomic mass is 9.98. The summed E-state index contributed by atoms with van der Waals surface area (Å²) >= 11 is 1.28. The Morgan fingerprint density at radius 1 is 1.32 bits per heavy atom. The van der Waals surface area contributed by atoms with E-state index in [1.807, 2.05) is 30.3 Å². The van der Waals surface area contributed by atoms with Crippen LogP contribution in [0, 0.1) is 0 Å². The van der Waals surface area contributed by atoms with Crippen molar-refractivity contribution in [1.82, 2.24) is 5.32 Å². The molecule has 22 heavy (non-hydrogen) atoms. The number of carbonyl (C=O) groups is 1. The quantitative estimate of drug-likeness (QED) is 0.613. The first-order valence-electron chi connectivity index (χ1n) is 6.75. The monoisotopic (exact) mass is 329 g/mol. The molecule has 4 N–H and O–H groups in total. The highest BCUT2D eigenvalue weighted by Gasteiger charge is 2.45. The Bertz CT molecular complexity index is 487. The van der Waals surface area contributed by atoms with Crippen molar-refractivity contribution in [1.29, 1.82) is 0 Å². The SMILES string of the molecule is COC(=O)NC1[C@@H](O)C(O)C(CO)O[C@H]1Sc1ccccc1. The second-order valence-electron chi connectivity index (χ2n) is 4.80. The summed E-state index contributed by atoms with van der Waals surface area (Å²) in [6, 6.07) is 8.40. The zero-order chi connectivity index (χ0) is 16.1. The van der Waals surface area contributed by atoms with Gasteiger partial charge >= 0.3 is 6.09 Å². The van der Waals surface area contributed by atoms with Crippen LogP contribution in [-0.4, -0.2) is 64.9 Å². The number of aliphatic hydroxyl groups excluding tert-OH is 3. The molecule has 5 atom stereocenters. The van der Waals surface area contributed by atoms with Crippen LogP contribution in [0.2, 0.25) is 0 Å². The Hall–Kier alpha value is -1.32. The molecule has 3 unspecified atom stereocenters. The number of rotatable bonds is 4. The van der Waals surface area contributed by atoms with Crippen molar-refractivity contribution in [3.05, 3.63) is 30.3 Å².